The molecule has 0 unspecified atom stereocenters. The molecule has 112 valence electrons. The number of aryl methyl sites for hydroxylation is 1. The predicted molar refractivity (Wildman–Crippen MR) is 83.4 cm³/mol. The summed E-state index contributed by atoms with van der Waals surface area (Å²) >= 11 is 0. The molecule has 2 rings (SSSR count). The fourth-order valence-corrected chi connectivity index (χ4v) is 2.39. The van der Waals surface area contributed by atoms with Gasteiger partial charge in [0.25, 0.3) is 0 Å². The molecule has 0 amide bonds. The topological polar surface area (TPSA) is 21.8 Å². The Labute approximate surface area is 123 Å². The minimum Gasteiger partial charge on any atom is -0.491 e. The highest BCUT2D eigenvalue weighted by Crippen LogP contribution is 2.17. The Balaban J connectivity index is 1.53. The summed E-state index contributed by atoms with van der Waals surface area (Å²) in [5.74, 6) is 0.962. The van der Waals surface area contributed by atoms with Crippen LogP contribution in [0.3, 0.4) is 0 Å². The number of hydrogen-bond acceptors (Lipinski definition) is 2. The summed E-state index contributed by atoms with van der Waals surface area (Å²) in [6.45, 7) is 3.82. The first-order chi connectivity index (χ1) is 9.88. The van der Waals surface area contributed by atoms with E-state index in [1.54, 1.807) is 0 Å². The van der Waals surface area contributed by atoms with Crippen LogP contribution in [0.25, 0.3) is 0 Å². The number of epoxide rings is 1. The third-order valence-corrected chi connectivity index (χ3v) is 3.83. The summed E-state index contributed by atoms with van der Waals surface area (Å²) in [4.78, 5) is 0. The van der Waals surface area contributed by atoms with E-state index in [2.05, 4.69) is 31.2 Å². The first-order valence-electron chi connectivity index (χ1n) is 8.22. The normalized spacial score (nSPS) is 17.1. The van der Waals surface area contributed by atoms with Gasteiger partial charge in [0.15, 0.2) is 0 Å². The molecule has 1 aliphatic rings. The highest BCUT2D eigenvalue weighted by Gasteiger charge is 2.22. The van der Waals surface area contributed by atoms with Crippen molar-refractivity contribution in [2.24, 2.45) is 0 Å². The van der Waals surface area contributed by atoms with Gasteiger partial charge in [0, 0.05) is 0 Å². The van der Waals surface area contributed by atoms with Crippen molar-refractivity contribution in [1.82, 2.24) is 0 Å². The molecule has 1 aromatic carbocycles. The van der Waals surface area contributed by atoms with Gasteiger partial charge in [-0.15, -0.1) is 0 Å². The molecule has 2 heteroatoms. The smallest absolute Gasteiger partial charge is 0.119 e. The van der Waals surface area contributed by atoms with Crippen LogP contribution >= 0.6 is 0 Å². The SMILES string of the molecule is CCCCCCCCCc1ccc(OC[C@@H]2CO2)cc1. The second-order valence-electron chi connectivity index (χ2n) is 5.78. The Hall–Kier alpha value is -1.02. The lowest BCUT2D eigenvalue weighted by Crippen LogP contribution is -2.03. The largest absolute Gasteiger partial charge is 0.491 e. The van der Waals surface area contributed by atoms with Crippen LogP contribution in [-0.2, 0) is 11.2 Å². The molecule has 0 saturated carbocycles. The van der Waals surface area contributed by atoms with E-state index in [-0.39, 0.29) is 0 Å². The number of ether oxygens (including phenoxy) is 2. The molecule has 1 heterocycles. The zero-order chi connectivity index (χ0) is 14.0. The molecule has 20 heavy (non-hydrogen) atoms. The highest BCUT2D eigenvalue weighted by molar-refractivity contribution is 5.27. The van der Waals surface area contributed by atoms with Gasteiger partial charge >= 0.3 is 0 Å². The molecular weight excluding hydrogens is 248 g/mol. The van der Waals surface area contributed by atoms with E-state index in [9.17, 15) is 0 Å². The van der Waals surface area contributed by atoms with Gasteiger partial charge < -0.3 is 9.47 Å². The zero-order valence-electron chi connectivity index (χ0n) is 12.8. The maximum atomic E-state index is 5.64. The highest BCUT2D eigenvalue weighted by atomic mass is 16.6. The maximum absolute atomic E-state index is 5.64. The van der Waals surface area contributed by atoms with Gasteiger partial charge in [-0.2, -0.15) is 0 Å². The molecule has 1 fully saturated rings. The minimum atomic E-state index is 0.336. The van der Waals surface area contributed by atoms with Gasteiger partial charge in [-0.3, -0.25) is 0 Å². The van der Waals surface area contributed by atoms with E-state index >= 15 is 0 Å². The van der Waals surface area contributed by atoms with Crippen molar-refractivity contribution >= 4 is 0 Å². The standard InChI is InChI=1S/C18H28O2/c1-2-3-4-5-6-7-8-9-16-10-12-17(13-11-16)19-14-18-15-20-18/h10-13,18H,2-9,14-15H2,1H3/t18-/m1/s1. The van der Waals surface area contributed by atoms with Gasteiger partial charge in [-0.25, -0.2) is 0 Å². The molecule has 1 atom stereocenters. The van der Waals surface area contributed by atoms with Crippen LogP contribution in [0.1, 0.15) is 57.4 Å². The van der Waals surface area contributed by atoms with E-state index in [1.165, 1.54) is 56.9 Å². The fourth-order valence-electron chi connectivity index (χ4n) is 2.39. The van der Waals surface area contributed by atoms with Gasteiger partial charge in [0.2, 0.25) is 0 Å². The van der Waals surface area contributed by atoms with Crippen LogP contribution in [0, 0.1) is 0 Å². The lowest BCUT2D eigenvalue weighted by atomic mass is 10.0. The summed E-state index contributed by atoms with van der Waals surface area (Å²) < 4.78 is 10.8. The predicted octanol–water partition coefficient (Wildman–Crippen LogP) is 4.76. The van der Waals surface area contributed by atoms with E-state index in [1.807, 2.05) is 0 Å². The number of hydrogen-bond donors (Lipinski definition) is 0. The number of unbranched alkanes of at least 4 members (excludes halogenated alkanes) is 6. The number of rotatable bonds is 11. The Bertz CT molecular complexity index is 354. The maximum Gasteiger partial charge on any atom is 0.119 e. The van der Waals surface area contributed by atoms with Crippen LogP contribution in [0.4, 0.5) is 0 Å². The third kappa shape index (κ3) is 6.42. The molecule has 0 spiro atoms. The number of benzene rings is 1. The Morgan fingerprint density at radius 3 is 2.30 bits per heavy atom. The Morgan fingerprint density at radius 2 is 1.65 bits per heavy atom. The molecule has 1 aromatic rings. The Kier molecular flexibility index (Phi) is 6.93. The van der Waals surface area contributed by atoms with E-state index in [4.69, 9.17) is 9.47 Å². The quantitative estimate of drug-likeness (QED) is 0.429. The average molecular weight is 276 g/mol. The van der Waals surface area contributed by atoms with Crippen LogP contribution in [-0.4, -0.2) is 19.3 Å². The molecular formula is C18H28O2. The molecule has 2 nitrogen and oxygen atoms in total. The lowest BCUT2D eigenvalue weighted by molar-refractivity contribution is 0.263. The van der Waals surface area contributed by atoms with E-state index in [0.29, 0.717) is 12.7 Å². The second-order valence-corrected chi connectivity index (χ2v) is 5.78. The second kappa shape index (κ2) is 9.02. The van der Waals surface area contributed by atoms with Crippen molar-refractivity contribution in [2.45, 2.75) is 64.4 Å². The monoisotopic (exact) mass is 276 g/mol. The van der Waals surface area contributed by atoms with Crippen molar-refractivity contribution in [1.29, 1.82) is 0 Å². The Morgan fingerprint density at radius 1 is 1.00 bits per heavy atom. The first kappa shape index (κ1) is 15.4. The summed E-state index contributed by atoms with van der Waals surface area (Å²) in [7, 11) is 0. The van der Waals surface area contributed by atoms with Crippen molar-refractivity contribution in [3.8, 4) is 5.75 Å². The summed E-state index contributed by atoms with van der Waals surface area (Å²) in [5, 5.41) is 0. The van der Waals surface area contributed by atoms with Crippen LogP contribution in [0.15, 0.2) is 24.3 Å². The van der Waals surface area contributed by atoms with Gasteiger partial charge in [0.05, 0.1) is 6.61 Å². The van der Waals surface area contributed by atoms with Gasteiger partial charge in [0.1, 0.15) is 18.5 Å². The fraction of sp³-hybridized carbons (Fsp3) is 0.667. The summed E-state index contributed by atoms with van der Waals surface area (Å²) in [6.07, 6.45) is 11.1. The van der Waals surface area contributed by atoms with Crippen LogP contribution < -0.4 is 4.74 Å². The summed E-state index contributed by atoms with van der Waals surface area (Å²) in [6, 6.07) is 8.55. The molecule has 0 aliphatic carbocycles. The van der Waals surface area contributed by atoms with Gasteiger partial charge in [-0.1, -0.05) is 57.6 Å². The van der Waals surface area contributed by atoms with E-state index in [0.717, 1.165) is 12.4 Å². The average Bonchev–Trinajstić information content (AvgIpc) is 3.30. The van der Waals surface area contributed by atoms with Crippen molar-refractivity contribution in [2.75, 3.05) is 13.2 Å². The first-order valence-corrected chi connectivity index (χ1v) is 8.22. The van der Waals surface area contributed by atoms with Crippen LogP contribution in [0.5, 0.6) is 5.75 Å². The molecule has 0 radical (unpaired) electrons. The molecule has 0 aromatic heterocycles. The summed E-state index contributed by atoms with van der Waals surface area (Å²) in [5.41, 5.74) is 1.42. The minimum absolute atomic E-state index is 0.336. The molecule has 1 aliphatic heterocycles. The molecule has 0 N–H and O–H groups in total. The lowest BCUT2D eigenvalue weighted by Gasteiger charge is -2.06. The van der Waals surface area contributed by atoms with Crippen molar-refractivity contribution in [3.63, 3.8) is 0 Å². The zero-order valence-corrected chi connectivity index (χ0v) is 12.8. The third-order valence-electron chi connectivity index (χ3n) is 3.83. The molecule has 0 bridgehead atoms. The van der Waals surface area contributed by atoms with Crippen LogP contribution in [0.2, 0.25) is 0 Å². The van der Waals surface area contributed by atoms with Crippen molar-refractivity contribution in [3.05, 3.63) is 29.8 Å². The molecule has 1 saturated heterocycles. The van der Waals surface area contributed by atoms with Gasteiger partial charge in [-0.05, 0) is 30.5 Å². The van der Waals surface area contributed by atoms with Crippen molar-refractivity contribution < 1.29 is 9.47 Å². The van der Waals surface area contributed by atoms with E-state index < -0.39 is 0 Å².